The van der Waals surface area contributed by atoms with E-state index >= 15 is 0 Å². The van der Waals surface area contributed by atoms with Gasteiger partial charge in [-0.05, 0) is 18.5 Å². The third kappa shape index (κ3) is 1.72. The second kappa shape index (κ2) is 3.71. The first-order chi connectivity index (χ1) is 4.77. The SMILES string of the molecule is CSc1nn(CCl)c(=S)s1. The minimum Gasteiger partial charge on any atom is -0.229 e. The number of nitrogens with zero attached hydrogens (tertiary/aromatic N) is 2. The summed E-state index contributed by atoms with van der Waals surface area (Å²) >= 11 is 13.6. The molecule has 0 spiro atoms. The lowest BCUT2D eigenvalue weighted by molar-refractivity contribution is 0.709. The van der Waals surface area contributed by atoms with Gasteiger partial charge >= 0.3 is 0 Å². The van der Waals surface area contributed by atoms with Crippen molar-refractivity contribution < 1.29 is 0 Å². The van der Waals surface area contributed by atoms with Crippen LogP contribution in [0.4, 0.5) is 0 Å². The first kappa shape index (κ1) is 8.52. The topological polar surface area (TPSA) is 17.8 Å². The van der Waals surface area contributed by atoms with Crippen molar-refractivity contribution in [2.75, 3.05) is 6.26 Å². The highest BCUT2D eigenvalue weighted by atomic mass is 35.5. The second-order valence-electron chi connectivity index (χ2n) is 1.46. The Kier molecular flexibility index (Phi) is 3.16. The molecule has 1 aromatic heterocycles. The predicted molar refractivity (Wildman–Crippen MR) is 48.6 cm³/mol. The third-order valence-corrected chi connectivity index (χ3v) is 3.39. The van der Waals surface area contributed by atoms with Gasteiger partial charge in [0.2, 0.25) is 0 Å². The summed E-state index contributed by atoms with van der Waals surface area (Å²) in [6.45, 7) is 0. The maximum absolute atomic E-state index is 5.53. The van der Waals surface area contributed by atoms with Gasteiger partial charge in [0, 0.05) is 0 Å². The van der Waals surface area contributed by atoms with Crippen LogP contribution in [0.25, 0.3) is 0 Å². The van der Waals surface area contributed by atoms with Crippen molar-refractivity contribution in [3.63, 3.8) is 0 Å². The maximum Gasteiger partial charge on any atom is 0.181 e. The van der Waals surface area contributed by atoms with Crippen LogP contribution in [-0.4, -0.2) is 16.0 Å². The molecule has 56 valence electrons. The minimum atomic E-state index is 0.343. The largest absolute Gasteiger partial charge is 0.229 e. The summed E-state index contributed by atoms with van der Waals surface area (Å²) in [5.74, 6) is 0. The first-order valence-corrected chi connectivity index (χ1v) is 5.44. The van der Waals surface area contributed by atoms with E-state index < -0.39 is 0 Å². The van der Waals surface area contributed by atoms with E-state index in [0.717, 1.165) is 8.29 Å². The normalized spacial score (nSPS) is 10.2. The smallest absolute Gasteiger partial charge is 0.181 e. The summed E-state index contributed by atoms with van der Waals surface area (Å²) in [7, 11) is 0. The molecular weight excluding hydrogens is 208 g/mol. The average molecular weight is 213 g/mol. The highest BCUT2D eigenvalue weighted by Gasteiger charge is 1.98. The fourth-order valence-electron chi connectivity index (χ4n) is 0.445. The molecule has 0 fully saturated rings. The molecule has 0 saturated heterocycles. The van der Waals surface area contributed by atoms with Crippen molar-refractivity contribution in [1.82, 2.24) is 9.78 Å². The molecule has 10 heavy (non-hydrogen) atoms. The van der Waals surface area contributed by atoms with Gasteiger partial charge in [-0.25, -0.2) is 4.68 Å². The van der Waals surface area contributed by atoms with E-state index in [1.54, 1.807) is 16.4 Å². The second-order valence-corrected chi connectivity index (χ2v) is 4.37. The minimum absolute atomic E-state index is 0.343. The Morgan fingerprint density at radius 1 is 1.90 bits per heavy atom. The zero-order valence-corrected chi connectivity index (χ0v) is 8.41. The Balaban J connectivity index is 3.04. The van der Waals surface area contributed by atoms with E-state index in [9.17, 15) is 0 Å². The summed E-state index contributed by atoms with van der Waals surface area (Å²) in [6.07, 6.45) is 1.96. The van der Waals surface area contributed by atoms with Crippen molar-refractivity contribution >= 4 is 46.9 Å². The van der Waals surface area contributed by atoms with Crippen LogP contribution in [0.5, 0.6) is 0 Å². The quantitative estimate of drug-likeness (QED) is 0.427. The highest BCUT2D eigenvalue weighted by molar-refractivity contribution is 8.00. The molecule has 6 heteroatoms. The van der Waals surface area contributed by atoms with Gasteiger partial charge in [-0.3, -0.25) is 0 Å². The molecule has 0 aliphatic rings. The van der Waals surface area contributed by atoms with Gasteiger partial charge in [-0.1, -0.05) is 23.1 Å². The molecule has 0 N–H and O–H groups in total. The zero-order valence-electron chi connectivity index (χ0n) is 5.20. The maximum atomic E-state index is 5.53. The fourth-order valence-corrected chi connectivity index (χ4v) is 2.51. The molecule has 0 amide bonds. The van der Waals surface area contributed by atoms with Crippen molar-refractivity contribution in [3.8, 4) is 0 Å². The van der Waals surface area contributed by atoms with Gasteiger partial charge < -0.3 is 0 Å². The van der Waals surface area contributed by atoms with Crippen molar-refractivity contribution in [2.24, 2.45) is 0 Å². The lowest BCUT2D eigenvalue weighted by atomic mass is 11.3. The van der Waals surface area contributed by atoms with E-state index in [-0.39, 0.29) is 0 Å². The van der Waals surface area contributed by atoms with Crippen molar-refractivity contribution in [2.45, 2.75) is 10.3 Å². The molecule has 0 atom stereocenters. The number of halogens is 1. The van der Waals surface area contributed by atoms with Gasteiger partial charge in [0.05, 0.1) is 0 Å². The van der Waals surface area contributed by atoms with Crippen LogP contribution in [0.1, 0.15) is 0 Å². The Bertz CT molecular complexity index is 266. The van der Waals surface area contributed by atoms with Gasteiger partial charge in [0.25, 0.3) is 0 Å². The van der Waals surface area contributed by atoms with Crippen LogP contribution >= 0.6 is 46.9 Å². The molecule has 0 bridgehead atoms. The molecule has 2 nitrogen and oxygen atoms in total. The van der Waals surface area contributed by atoms with Crippen LogP contribution in [0.3, 0.4) is 0 Å². The summed E-state index contributed by atoms with van der Waals surface area (Å²) in [4.78, 5) is 0. The monoisotopic (exact) mass is 212 g/mol. The number of thioether (sulfide) groups is 1. The standard InChI is InChI=1S/C4H5ClN2S3/c1-9-3-6-7(2-5)4(8)10-3/h2H2,1H3. The molecule has 0 aromatic carbocycles. The molecular formula is C4H5ClN2S3. The number of hydrogen-bond donors (Lipinski definition) is 0. The average Bonchev–Trinajstić information content (AvgIpc) is 2.30. The molecule has 0 saturated carbocycles. The Morgan fingerprint density at radius 2 is 2.60 bits per heavy atom. The molecule has 0 unspecified atom stereocenters. The van der Waals surface area contributed by atoms with Gasteiger partial charge in [-0.2, -0.15) is 5.10 Å². The van der Waals surface area contributed by atoms with Gasteiger partial charge in [0.1, 0.15) is 6.00 Å². The van der Waals surface area contributed by atoms with E-state index in [2.05, 4.69) is 5.10 Å². The lowest BCUT2D eigenvalue weighted by Gasteiger charge is -1.87. The number of hydrogen-bond acceptors (Lipinski definition) is 4. The van der Waals surface area contributed by atoms with E-state index in [0.29, 0.717) is 6.00 Å². The van der Waals surface area contributed by atoms with Crippen LogP contribution in [0.15, 0.2) is 4.34 Å². The van der Waals surface area contributed by atoms with Gasteiger partial charge in [0.15, 0.2) is 8.29 Å². The fraction of sp³-hybridized carbons (Fsp3) is 0.500. The first-order valence-electron chi connectivity index (χ1n) is 2.46. The lowest BCUT2D eigenvalue weighted by Crippen LogP contribution is -1.93. The summed E-state index contributed by atoms with van der Waals surface area (Å²) < 4.78 is 3.30. The van der Waals surface area contributed by atoms with Crippen LogP contribution in [0.2, 0.25) is 0 Å². The molecule has 0 aliphatic heterocycles. The van der Waals surface area contributed by atoms with Crippen LogP contribution in [-0.2, 0) is 6.00 Å². The summed E-state index contributed by atoms with van der Waals surface area (Å²) in [5.41, 5.74) is 0. The van der Waals surface area contributed by atoms with Crippen LogP contribution in [0, 0.1) is 3.95 Å². The van der Waals surface area contributed by atoms with Crippen molar-refractivity contribution in [1.29, 1.82) is 0 Å². The Hall–Kier alpha value is 0.420. The zero-order chi connectivity index (χ0) is 7.56. The van der Waals surface area contributed by atoms with E-state index in [1.807, 2.05) is 6.26 Å². The predicted octanol–water partition coefficient (Wildman–Crippen LogP) is 2.59. The Morgan fingerprint density at radius 3 is 2.90 bits per heavy atom. The van der Waals surface area contributed by atoms with E-state index in [1.165, 1.54) is 11.3 Å². The van der Waals surface area contributed by atoms with Gasteiger partial charge in [-0.15, -0.1) is 11.6 Å². The van der Waals surface area contributed by atoms with Crippen molar-refractivity contribution in [3.05, 3.63) is 3.95 Å². The molecule has 1 heterocycles. The highest BCUT2D eigenvalue weighted by Crippen LogP contribution is 2.18. The summed E-state index contributed by atoms with van der Waals surface area (Å²) in [5, 5.41) is 4.11. The summed E-state index contributed by atoms with van der Waals surface area (Å²) in [6, 6.07) is 0.343. The number of alkyl halides is 1. The number of aromatic nitrogens is 2. The van der Waals surface area contributed by atoms with E-state index in [4.69, 9.17) is 23.8 Å². The molecule has 1 rings (SSSR count). The molecule has 0 aliphatic carbocycles. The number of rotatable bonds is 2. The van der Waals surface area contributed by atoms with Crippen LogP contribution < -0.4 is 0 Å². The Labute approximate surface area is 77.2 Å². The molecule has 0 radical (unpaired) electrons. The third-order valence-electron chi connectivity index (χ3n) is 0.876. The molecule has 1 aromatic rings.